The first-order chi connectivity index (χ1) is 12.9. The number of hydrogen-bond donors (Lipinski definition) is 0. The van der Waals surface area contributed by atoms with Crippen LogP contribution in [-0.2, 0) is 11.3 Å². The Bertz CT molecular complexity index is 803. The second kappa shape index (κ2) is 6.80. The van der Waals surface area contributed by atoms with Gasteiger partial charge in [-0.2, -0.15) is 0 Å². The van der Waals surface area contributed by atoms with Crippen LogP contribution in [0.1, 0.15) is 39.2 Å². The van der Waals surface area contributed by atoms with Crippen molar-refractivity contribution < 1.29 is 14.2 Å². The summed E-state index contributed by atoms with van der Waals surface area (Å²) in [5.41, 5.74) is 3.44. The van der Waals surface area contributed by atoms with E-state index >= 15 is 0 Å². The molecule has 1 spiro atoms. The second-order valence-electron chi connectivity index (χ2n) is 8.37. The third kappa shape index (κ3) is 3.66. The number of benzene rings is 1. The molecule has 1 saturated heterocycles. The Kier molecular flexibility index (Phi) is 4.60. The molecule has 2 aliphatic heterocycles. The fourth-order valence-corrected chi connectivity index (χ4v) is 3.85. The van der Waals surface area contributed by atoms with Crippen LogP contribution in [0.3, 0.4) is 0 Å². The van der Waals surface area contributed by atoms with Crippen molar-refractivity contribution in [1.29, 1.82) is 0 Å². The number of rotatable bonds is 2. The van der Waals surface area contributed by atoms with Gasteiger partial charge in [0, 0.05) is 54.9 Å². The van der Waals surface area contributed by atoms with Crippen LogP contribution in [0.4, 0.5) is 0 Å². The van der Waals surface area contributed by atoms with Crippen LogP contribution in [0.5, 0.6) is 11.6 Å². The Balaban J connectivity index is 1.50. The van der Waals surface area contributed by atoms with Gasteiger partial charge in [-0.3, -0.25) is 4.90 Å². The van der Waals surface area contributed by atoms with E-state index in [9.17, 15) is 0 Å². The van der Waals surface area contributed by atoms with Crippen LogP contribution in [0.15, 0.2) is 36.5 Å². The minimum Gasteiger partial charge on any atom is -0.481 e. The van der Waals surface area contributed by atoms with Crippen LogP contribution < -0.4 is 9.47 Å². The van der Waals surface area contributed by atoms with Crippen LogP contribution in [0.25, 0.3) is 11.1 Å². The van der Waals surface area contributed by atoms with Gasteiger partial charge in [0.2, 0.25) is 11.7 Å². The summed E-state index contributed by atoms with van der Waals surface area (Å²) in [6.45, 7) is 9.36. The zero-order chi connectivity index (χ0) is 19.1. The Morgan fingerprint density at radius 1 is 1.07 bits per heavy atom. The third-order valence-electron chi connectivity index (χ3n) is 5.60. The Morgan fingerprint density at radius 3 is 2.44 bits per heavy atom. The fraction of sp³-hybridized carbons (Fsp3) is 0.500. The summed E-state index contributed by atoms with van der Waals surface area (Å²) in [5.74, 6) is 1.08. The predicted molar refractivity (Wildman–Crippen MR) is 105 cm³/mol. The molecule has 0 atom stereocenters. The van der Waals surface area contributed by atoms with Crippen LogP contribution >= 0.6 is 0 Å². The molecule has 0 radical (unpaired) electrons. The van der Waals surface area contributed by atoms with Gasteiger partial charge in [0.15, 0.2) is 0 Å². The molecule has 3 heterocycles. The minimum absolute atomic E-state index is 0.190. The second-order valence-corrected chi connectivity index (χ2v) is 8.37. The molecule has 2 aliphatic rings. The lowest BCUT2D eigenvalue weighted by Crippen LogP contribution is -2.55. The molecule has 0 amide bonds. The van der Waals surface area contributed by atoms with Gasteiger partial charge in [-0.15, -0.1) is 0 Å². The van der Waals surface area contributed by atoms with Crippen molar-refractivity contribution in [2.24, 2.45) is 0 Å². The number of ether oxygens (including phenoxy) is 3. The summed E-state index contributed by atoms with van der Waals surface area (Å²) in [6.07, 6.45) is 3.62. The van der Waals surface area contributed by atoms with E-state index in [-0.39, 0.29) is 5.54 Å². The number of likely N-dealkylation sites (tertiary alicyclic amines) is 1. The molecule has 4 rings (SSSR count). The van der Waals surface area contributed by atoms with Crippen LogP contribution in [0, 0.1) is 0 Å². The van der Waals surface area contributed by atoms with Gasteiger partial charge in [0.25, 0.3) is 0 Å². The van der Waals surface area contributed by atoms with Crippen molar-refractivity contribution in [2.75, 3.05) is 20.2 Å². The van der Waals surface area contributed by atoms with Crippen LogP contribution in [0.2, 0.25) is 0 Å². The highest BCUT2D eigenvalue weighted by atomic mass is 16.7. The molecule has 2 aromatic rings. The summed E-state index contributed by atoms with van der Waals surface area (Å²) in [5, 5.41) is 0. The molecular weight excluding hydrogens is 340 g/mol. The monoisotopic (exact) mass is 368 g/mol. The zero-order valence-electron chi connectivity index (χ0n) is 16.6. The van der Waals surface area contributed by atoms with Crippen molar-refractivity contribution in [2.45, 2.75) is 51.5 Å². The number of pyridine rings is 1. The first-order valence-electron chi connectivity index (χ1n) is 9.60. The molecule has 0 aliphatic carbocycles. The van der Waals surface area contributed by atoms with Gasteiger partial charge in [-0.05, 0) is 44.5 Å². The highest BCUT2D eigenvalue weighted by Crippen LogP contribution is 2.40. The first-order valence-corrected chi connectivity index (χ1v) is 9.60. The summed E-state index contributed by atoms with van der Waals surface area (Å²) in [4.78, 5) is 6.79. The quantitative estimate of drug-likeness (QED) is 0.793. The van der Waals surface area contributed by atoms with E-state index in [1.54, 1.807) is 7.11 Å². The average Bonchev–Trinajstić information content (AvgIpc) is 2.67. The molecule has 0 bridgehead atoms. The number of hydrogen-bond acceptors (Lipinski definition) is 5. The smallest absolute Gasteiger partial charge is 0.213 e. The molecule has 1 aromatic heterocycles. The fourth-order valence-electron chi connectivity index (χ4n) is 3.85. The SMILES string of the molecule is COc1ccc(-c2ccc3c(c2)COC2(CCN(C(C)(C)C)CC2)O3)cn1. The lowest BCUT2D eigenvalue weighted by Gasteiger charge is -2.47. The first kappa shape index (κ1) is 18.3. The maximum atomic E-state index is 6.36. The average molecular weight is 368 g/mol. The summed E-state index contributed by atoms with van der Waals surface area (Å²) >= 11 is 0. The lowest BCUT2D eigenvalue weighted by atomic mass is 9.95. The highest BCUT2D eigenvalue weighted by molar-refractivity contribution is 5.65. The molecule has 0 saturated carbocycles. The maximum absolute atomic E-state index is 6.36. The van der Waals surface area contributed by atoms with Gasteiger partial charge in [-0.25, -0.2) is 4.98 Å². The summed E-state index contributed by atoms with van der Waals surface area (Å²) < 4.78 is 17.7. The molecule has 0 N–H and O–H groups in total. The van der Waals surface area contributed by atoms with Crippen molar-refractivity contribution in [1.82, 2.24) is 9.88 Å². The van der Waals surface area contributed by atoms with Crippen LogP contribution in [-0.4, -0.2) is 41.4 Å². The van der Waals surface area contributed by atoms with Crippen molar-refractivity contribution in [3.63, 3.8) is 0 Å². The van der Waals surface area contributed by atoms with E-state index in [1.165, 1.54) is 0 Å². The molecular formula is C22H28N2O3. The van der Waals surface area contributed by atoms with Gasteiger partial charge in [0.05, 0.1) is 13.7 Å². The van der Waals surface area contributed by atoms with Crippen molar-refractivity contribution in [3.05, 3.63) is 42.1 Å². The number of fused-ring (bicyclic) bond motifs is 1. The standard InChI is InChI=1S/C22H28N2O3/c1-21(2,3)24-11-9-22(10-12-24)26-15-18-13-16(5-7-19(18)27-22)17-6-8-20(25-4)23-14-17/h5-8,13-14H,9-12,15H2,1-4H3. The van der Waals surface area contributed by atoms with Gasteiger partial charge in [0.1, 0.15) is 5.75 Å². The van der Waals surface area contributed by atoms with E-state index < -0.39 is 5.79 Å². The number of nitrogens with zero attached hydrogens (tertiary/aromatic N) is 2. The summed E-state index contributed by atoms with van der Waals surface area (Å²) in [7, 11) is 1.62. The van der Waals surface area contributed by atoms with E-state index in [2.05, 4.69) is 48.9 Å². The van der Waals surface area contributed by atoms with E-state index in [4.69, 9.17) is 14.2 Å². The number of piperidine rings is 1. The Hall–Kier alpha value is -2.11. The van der Waals surface area contributed by atoms with Gasteiger partial charge < -0.3 is 14.2 Å². The molecule has 144 valence electrons. The molecule has 1 fully saturated rings. The molecule has 5 nitrogen and oxygen atoms in total. The number of methoxy groups -OCH3 is 1. The van der Waals surface area contributed by atoms with E-state index in [0.29, 0.717) is 12.5 Å². The Morgan fingerprint density at radius 2 is 1.81 bits per heavy atom. The largest absolute Gasteiger partial charge is 0.481 e. The summed E-state index contributed by atoms with van der Waals surface area (Å²) in [6, 6.07) is 10.2. The third-order valence-corrected chi connectivity index (χ3v) is 5.60. The molecule has 5 heteroatoms. The van der Waals surface area contributed by atoms with Crippen molar-refractivity contribution >= 4 is 0 Å². The maximum Gasteiger partial charge on any atom is 0.213 e. The van der Waals surface area contributed by atoms with Gasteiger partial charge in [-0.1, -0.05) is 6.07 Å². The van der Waals surface area contributed by atoms with E-state index in [0.717, 1.165) is 48.4 Å². The lowest BCUT2D eigenvalue weighted by molar-refractivity contribution is -0.231. The minimum atomic E-state index is -0.474. The highest BCUT2D eigenvalue weighted by Gasteiger charge is 2.42. The van der Waals surface area contributed by atoms with Gasteiger partial charge >= 0.3 is 0 Å². The zero-order valence-corrected chi connectivity index (χ0v) is 16.6. The molecule has 0 unspecified atom stereocenters. The molecule has 27 heavy (non-hydrogen) atoms. The topological polar surface area (TPSA) is 43.8 Å². The normalized spacial score (nSPS) is 19.4. The van der Waals surface area contributed by atoms with Crippen molar-refractivity contribution in [3.8, 4) is 22.8 Å². The Labute approximate surface area is 161 Å². The van der Waals surface area contributed by atoms with E-state index in [1.807, 2.05) is 18.3 Å². The number of aromatic nitrogens is 1. The molecule has 1 aromatic carbocycles. The predicted octanol–water partition coefficient (Wildman–Crippen LogP) is 4.26.